The van der Waals surface area contributed by atoms with Crippen LogP contribution in [0.5, 0.6) is 0 Å². The normalized spacial score (nSPS) is 12.8. The fraction of sp³-hybridized carbons (Fsp3) is 0.700. The molecule has 4 nitrogen and oxygen atoms in total. The highest BCUT2D eigenvalue weighted by atomic mass is 16.5. The Labute approximate surface area is 83.7 Å². The second-order valence-electron chi connectivity index (χ2n) is 3.37. The van der Waals surface area contributed by atoms with Gasteiger partial charge in [0.25, 0.3) is 0 Å². The molecule has 1 aromatic heterocycles. The average molecular weight is 196 g/mol. The van der Waals surface area contributed by atoms with Gasteiger partial charge in [0.2, 0.25) is 5.89 Å². The minimum Gasteiger partial charge on any atom is -0.339 e. The number of rotatable bonds is 5. The van der Waals surface area contributed by atoms with E-state index in [1.165, 1.54) is 0 Å². The van der Waals surface area contributed by atoms with Crippen molar-refractivity contribution in [3.8, 4) is 0 Å². The number of aromatic nitrogens is 2. The standard InChI is InChI=1S/C10H16N2O2/c1-4-6-9-11-10(14-12-9)8(5-2)7(3)13/h8H,4-6H2,1-3H3. The second kappa shape index (κ2) is 4.88. The lowest BCUT2D eigenvalue weighted by Gasteiger charge is -2.03. The SMILES string of the molecule is CCCc1noc(C(CC)C(C)=O)n1. The number of hydrogen-bond acceptors (Lipinski definition) is 4. The third-order valence-electron chi connectivity index (χ3n) is 2.15. The Morgan fingerprint density at radius 1 is 1.50 bits per heavy atom. The summed E-state index contributed by atoms with van der Waals surface area (Å²) in [7, 11) is 0. The molecule has 1 rings (SSSR count). The average Bonchev–Trinajstić information content (AvgIpc) is 2.54. The largest absolute Gasteiger partial charge is 0.339 e. The van der Waals surface area contributed by atoms with E-state index in [-0.39, 0.29) is 11.7 Å². The van der Waals surface area contributed by atoms with Gasteiger partial charge in [-0.15, -0.1) is 0 Å². The molecule has 0 amide bonds. The summed E-state index contributed by atoms with van der Waals surface area (Å²) in [6.07, 6.45) is 2.50. The van der Waals surface area contributed by atoms with E-state index in [0.29, 0.717) is 18.1 Å². The number of aryl methyl sites for hydroxylation is 1. The van der Waals surface area contributed by atoms with Gasteiger partial charge >= 0.3 is 0 Å². The molecule has 0 N–H and O–H groups in total. The Hall–Kier alpha value is -1.19. The number of carbonyl (C=O) groups is 1. The van der Waals surface area contributed by atoms with Crippen LogP contribution in [-0.2, 0) is 11.2 Å². The summed E-state index contributed by atoms with van der Waals surface area (Å²) in [5.74, 6) is 1.01. The molecule has 0 fully saturated rings. The van der Waals surface area contributed by atoms with Crippen LogP contribution < -0.4 is 0 Å². The molecule has 4 heteroatoms. The van der Waals surface area contributed by atoms with Crippen LogP contribution in [0.1, 0.15) is 51.2 Å². The summed E-state index contributed by atoms with van der Waals surface area (Å²) in [5, 5.41) is 3.82. The van der Waals surface area contributed by atoms with Crippen molar-refractivity contribution < 1.29 is 9.32 Å². The first kappa shape index (κ1) is 10.9. The Bertz CT molecular complexity index is 307. The molecular formula is C10H16N2O2. The van der Waals surface area contributed by atoms with Crippen LogP contribution in [0.15, 0.2) is 4.52 Å². The summed E-state index contributed by atoms with van der Waals surface area (Å²) in [5.41, 5.74) is 0. The zero-order valence-electron chi connectivity index (χ0n) is 8.91. The summed E-state index contributed by atoms with van der Waals surface area (Å²) in [6, 6.07) is 0. The van der Waals surface area contributed by atoms with Gasteiger partial charge in [0.1, 0.15) is 5.78 Å². The Kier molecular flexibility index (Phi) is 3.80. The smallest absolute Gasteiger partial charge is 0.237 e. The zero-order chi connectivity index (χ0) is 10.6. The van der Waals surface area contributed by atoms with Gasteiger partial charge in [-0.2, -0.15) is 4.98 Å². The van der Waals surface area contributed by atoms with Crippen molar-refractivity contribution in [1.29, 1.82) is 0 Å². The Morgan fingerprint density at radius 2 is 2.21 bits per heavy atom. The van der Waals surface area contributed by atoms with Crippen LogP contribution in [0.2, 0.25) is 0 Å². The summed E-state index contributed by atoms with van der Waals surface area (Å²) < 4.78 is 5.05. The third kappa shape index (κ3) is 2.40. The monoisotopic (exact) mass is 196 g/mol. The predicted molar refractivity (Wildman–Crippen MR) is 52.0 cm³/mol. The molecule has 0 radical (unpaired) electrons. The molecule has 0 spiro atoms. The van der Waals surface area contributed by atoms with Crippen molar-refractivity contribution >= 4 is 5.78 Å². The van der Waals surface area contributed by atoms with Crippen molar-refractivity contribution in [2.24, 2.45) is 0 Å². The van der Waals surface area contributed by atoms with E-state index in [2.05, 4.69) is 17.1 Å². The molecule has 0 aliphatic heterocycles. The van der Waals surface area contributed by atoms with Crippen LogP contribution in [0, 0.1) is 0 Å². The lowest BCUT2D eigenvalue weighted by atomic mass is 10.0. The van der Waals surface area contributed by atoms with Crippen LogP contribution in [-0.4, -0.2) is 15.9 Å². The number of nitrogens with zero attached hydrogens (tertiary/aromatic N) is 2. The predicted octanol–water partition coefficient (Wildman–Crippen LogP) is 2.10. The van der Waals surface area contributed by atoms with Crippen LogP contribution in [0.3, 0.4) is 0 Å². The highest BCUT2D eigenvalue weighted by Crippen LogP contribution is 2.18. The van der Waals surface area contributed by atoms with Gasteiger partial charge in [0.15, 0.2) is 5.82 Å². The van der Waals surface area contributed by atoms with Crippen molar-refractivity contribution in [2.45, 2.75) is 46.0 Å². The molecule has 1 heterocycles. The van der Waals surface area contributed by atoms with E-state index in [0.717, 1.165) is 12.8 Å². The highest BCUT2D eigenvalue weighted by molar-refractivity contribution is 5.82. The third-order valence-corrected chi connectivity index (χ3v) is 2.15. The fourth-order valence-electron chi connectivity index (χ4n) is 1.37. The van der Waals surface area contributed by atoms with E-state index < -0.39 is 0 Å². The van der Waals surface area contributed by atoms with Gasteiger partial charge in [-0.3, -0.25) is 4.79 Å². The lowest BCUT2D eigenvalue weighted by Crippen LogP contribution is -2.08. The molecule has 0 aliphatic carbocycles. The molecule has 14 heavy (non-hydrogen) atoms. The first-order chi connectivity index (χ1) is 6.69. The summed E-state index contributed by atoms with van der Waals surface area (Å²) >= 11 is 0. The molecule has 0 bridgehead atoms. The zero-order valence-corrected chi connectivity index (χ0v) is 8.91. The van der Waals surface area contributed by atoms with E-state index in [1.54, 1.807) is 6.92 Å². The molecule has 78 valence electrons. The van der Waals surface area contributed by atoms with Gasteiger partial charge in [-0.05, 0) is 19.8 Å². The first-order valence-electron chi connectivity index (χ1n) is 5.02. The maximum Gasteiger partial charge on any atom is 0.237 e. The molecule has 0 saturated carbocycles. The molecule has 1 aromatic rings. The Balaban J connectivity index is 2.78. The maximum absolute atomic E-state index is 11.2. The maximum atomic E-state index is 11.2. The van der Waals surface area contributed by atoms with E-state index >= 15 is 0 Å². The number of hydrogen-bond donors (Lipinski definition) is 0. The lowest BCUT2D eigenvalue weighted by molar-refractivity contribution is -0.119. The Morgan fingerprint density at radius 3 is 2.71 bits per heavy atom. The van der Waals surface area contributed by atoms with E-state index in [4.69, 9.17) is 4.52 Å². The van der Waals surface area contributed by atoms with Crippen molar-refractivity contribution in [3.63, 3.8) is 0 Å². The number of ketones is 1. The molecule has 1 unspecified atom stereocenters. The van der Waals surface area contributed by atoms with Crippen LogP contribution >= 0.6 is 0 Å². The van der Waals surface area contributed by atoms with Gasteiger partial charge in [-0.25, -0.2) is 0 Å². The summed E-state index contributed by atoms with van der Waals surface area (Å²) in [6.45, 7) is 5.55. The van der Waals surface area contributed by atoms with Gasteiger partial charge in [0, 0.05) is 6.42 Å². The molecule has 0 aliphatic rings. The first-order valence-corrected chi connectivity index (χ1v) is 5.02. The molecular weight excluding hydrogens is 180 g/mol. The summed E-state index contributed by atoms with van der Waals surface area (Å²) in [4.78, 5) is 15.4. The minimum atomic E-state index is -0.229. The van der Waals surface area contributed by atoms with Crippen LogP contribution in [0.4, 0.5) is 0 Å². The topological polar surface area (TPSA) is 56.0 Å². The van der Waals surface area contributed by atoms with Crippen molar-refractivity contribution in [3.05, 3.63) is 11.7 Å². The van der Waals surface area contributed by atoms with Gasteiger partial charge in [-0.1, -0.05) is 19.0 Å². The minimum absolute atomic E-state index is 0.0826. The van der Waals surface area contributed by atoms with E-state index in [9.17, 15) is 4.79 Å². The van der Waals surface area contributed by atoms with Crippen LogP contribution in [0.25, 0.3) is 0 Å². The molecule has 0 saturated heterocycles. The molecule has 1 atom stereocenters. The quantitative estimate of drug-likeness (QED) is 0.723. The fourth-order valence-corrected chi connectivity index (χ4v) is 1.37. The van der Waals surface area contributed by atoms with Crippen molar-refractivity contribution in [2.75, 3.05) is 0 Å². The van der Waals surface area contributed by atoms with Gasteiger partial charge in [0.05, 0.1) is 5.92 Å². The second-order valence-corrected chi connectivity index (χ2v) is 3.37. The number of carbonyl (C=O) groups excluding carboxylic acids is 1. The molecule has 0 aromatic carbocycles. The van der Waals surface area contributed by atoms with Gasteiger partial charge < -0.3 is 4.52 Å². The number of Topliss-reactive ketones (excluding diaryl/α,β-unsaturated/α-hetero) is 1. The van der Waals surface area contributed by atoms with Crippen molar-refractivity contribution in [1.82, 2.24) is 10.1 Å². The highest BCUT2D eigenvalue weighted by Gasteiger charge is 2.21. The van der Waals surface area contributed by atoms with E-state index in [1.807, 2.05) is 6.92 Å².